The van der Waals surface area contributed by atoms with Crippen LogP contribution in [0.2, 0.25) is 0 Å². The van der Waals surface area contributed by atoms with E-state index in [1.54, 1.807) is 5.56 Å². The van der Waals surface area contributed by atoms with Crippen LogP contribution in [0.5, 0.6) is 0 Å². The van der Waals surface area contributed by atoms with Crippen LogP contribution in [-0.4, -0.2) is 25.8 Å². The maximum atomic E-state index is 5.52. The van der Waals surface area contributed by atoms with Crippen molar-refractivity contribution in [1.29, 1.82) is 0 Å². The van der Waals surface area contributed by atoms with E-state index < -0.39 is 0 Å². The molecule has 114 valence electrons. The van der Waals surface area contributed by atoms with E-state index in [9.17, 15) is 0 Å². The summed E-state index contributed by atoms with van der Waals surface area (Å²) in [7, 11) is 0. The summed E-state index contributed by atoms with van der Waals surface area (Å²) in [5.74, 6) is 3.34. The Hall–Kier alpha value is -0.860. The summed E-state index contributed by atoms with van der Waals surface area (Å²) >= 11 is 0. The van der Waals surface area contributed by atoms with Crippen LogP contribution >= 0.6 is 0 Å². The third kappa shape index (κ3) is 2.64. The minimum atomic E-state index is 0.707. The quantitative estimate of drug-likeness (QED) is 0.913. The van der Waals surface area contributed by atoms with Crippen molar-refractivity contribution in [2.75, 3.05) is 19.8 Å². The van der Waals surface area contributed by atoms with Gasteiger partial charge in [0.2, 0.25) is 0 Å². The molecule has 1 saturated heterocycles. The van der Waals surface area contributed by atoms with Crippen molar-refractivity contribution in [2.45, 2.75) is 44.1 Å². The Balaban J connectivity index is 1.46. The second kappa shape index (κ2) is 6.10. The smallest absolute Gasteiger partial charge is 0.0507 e. The van der Waals surface area contributed by atoms with E-state index in [1.807, 2.05) is 0 Å². The summed E-state index contributed by atoms with van der Waals surface area (Å²) < 4.78 is 5.52. The molecule has 1 heterocycles. The fourth-order valence-electron chi connectivity index (χ4n) is 4.92. The number of fused-ring (bicyclic) bond motifs is 1. The molecule has 0 amide bonds. The highest BCUT2D eigenvalue weighted by Gasteiger charge is 2.50. The molecule has 1 aromatic rings. The second-order valence-electron chi connectivity index (χ2n) is 7.21. The normalized spacial score (nSPS) is 38.8. The van der Waals surface area contributed by atoms with Gasteiger partial charge in [-0.1, -0.05) is 43.2 Å². The highest BCUT2D eigenvalue weighted by atomic mass is 16.5. The molecule has 0 unspecified atom stereocenters. The Morgan fingerprint density at radius 1 is 1.00 bits per heavy atom. The molecular weight excluding hydrogens is 258 g/mol. The Labute approximate surface area is 128 Å². The van der Waals surface area contributed by atoms with Crippen molar-refractivity contribution in [3.8, 4) is 0 Å². The second-order valence-corrected chi connectivity index (χ2v) is 7.21. The summed E-state index contributed by atoms with van der Waals surface area (Å²) in [4.78, 5) is 0. The molecule has 1 aliphatic heterocycles. The zero-order valence-electron chi connectivity index (χ0n) is 12.8. The van der Waals surface area contributed by atoms with Crippen LogP contribution in [0.1, 0.15) is 43.6 Å². The SMILES string of the molecule is c1ccc([C@H]2[C@@H]3CCCC[C@H]3[C@@H]2NC[C@H]2CCOC2)cc1. The van der Waals surface area contributed by atoms with Crippen LogP contribution < -0.4 is 5.32 Å². The maximum Gasteiger partial charge on any atom is 0.0507 e. The summed E-state index contributed by atoms with van der Waals surface area (Å²) in [6, 6.07) is 11.9. The molecule has 4 rings (SSSR count). The number of hydrogen-bond donors (Lipinski definition) is 1. The van der Waals surface area contributed by atoms with Crippen LogP contribution in [-0.2, 0) is 4.74 Å². The van der Waals surface area contributed by atoms with Crippen molar-refractivity contribution in [3.63, 3.8) is 0 Å². The molecule has 21 heavy (non-hydrogen) atoms. The van der Waals surface area contributed by atoms with Crippen molar-refractivity contribution in [3.05, 3.63) is 35.9 Å². The van der Waals surface area contributed by atoms with Gasteiger partial charge in [-0.15, -0.1) is 0 Å². The number of benzene rings is 1. The van der Waals surface area contributed by atoms with Gasteiger partial charge >= 0.3 is 0 Å². The lowest BCUT2D eigenvalue weighted by Crippen LogP contribution is -2.58. The highest BCUT2D eigenvalue weighted by molar-refractivity contribution is 5.28. The van der Waals surface area contributed by atoms with E-state index in [-0.39, 0.29) is 0 Å². The van der Waals surface area contributed by atoms with E-state index in [2.05, 4.69) is 35.6 Å². The lowest BCUT2D eigenvalue weighted by Gasteiger charge is -2.55. The molecule has 2 nitrogen and oxygen atoms in total. The predicted octanol–water partition coefficient (Wildman–Crippen LogP) is 3.58. The van der Waals surface area contributed by atoms with E-state index in [1.165, 1.54) is 32.1 Å². The highest BCUT2D eigenvalue weighted by Crippen LogP contribution is 2.54. The number of rotatable bonds is 4. The molecule has 2 aliphatic carbocycles. The maximum absolute atomic E-state index is 5.52. The number of nitrogens with one attached hydrogen (secondary N) is 1. The van der Waals surface area contributed by atoms with E-state index in [0.717, 1.165) is 43.4 Å². The zero-order chi connectivity index (χ0) is 14.1. The first-order valence-corrected chi connectivity index (χ1v) is 8.79. The fourth-order valence-corrected chi connectivity index (χ4v) is 4.92. The summed E-state index contributed by atoms with van der Waals surface area (Å²) in [5, 5.41) is 3.93. The number of ether oxygens (including phenoxy) is 1. The first-order chi connectivity index (χ1) is 10.4. The summed E-state index contributed by atoms with van der Waals surface area (Å²) in [6.45, 7) is 3.08. The molecule has 0 radical (unpaired) electrons. The third-order valence-corrected chi connectivity index (χ3v) is 6.03. The van der Waals surface area contributed by atoms with Gasteiger partial charge in [-0.3, -0.25) is 0 Å². The lowest BCUT2D eigenvalue weighted by molar-refractivity contribution is 0.0240. The molecule has 1 N–H and O–H groups in total. The Morgan fingerprint density at radius 2 is 1.81 bits per heavy atom. The molecule has 5 atom stereocenters. The van der Waals surface area contributed by atoms with Crippen LogP contribution in [0.3, 0.4) is 0 Å². The Morgan fingerprint density at radius 3 is 2.57 bits per heavy atom. The van der Waals surface area contributed by atoms with Crippen LogP contribution in [0.15, 0.2) is 30.3 Å². The third-order valence-electron chi connectivity index (χ3n) is 6.03. The summed E-state index contributed by atoms with van der Waals surface area (Å²) in [5.41, 5.74) is 1.56. The van der Waals surface area contributed by atoms with Gasteiger partial charge in [-0.25, -0.2) is 0 Å². The average molecular weight is 285 g/mol. The van der Waals surface area contributed by atoms with Crippen LogP contribution in [0, 0.1) is 17.8 Å². The van der Waals surface area contributed by atoms with Crippen molar-refractivity contribution < 1.29 is 4.74 Å². The van der Waals surface area contributed by atoms with Gasteiger partial charge in [-0.2, -0.15) is 0 Å². The van der Waals surface area contributed by atoms with Gasteiger partial charge in [0.1, 0.15) is 0 Å². The molecular formula is C19H27NO. The molecule has 0 spiro atoms. The first-order valence-electron chi connectivity index (χ1n) is 8.79. The zero-order valence-corrected chi connectivity index (χ0v) is 12.8. The number of hydrogen-bond acceptors (Lipinski definition) is 2. The minimum Gasteiger partial charge on any atom is -0.381 e. The average Bonchev–Trinajstić information content (AvgIpc) is 3.03. The Kier molecular flexibility index (Phi) is 4.00. The van der Waals surface area contributed by atoms with E-state index >= 15 is 0 Å². The predicted molar refractivity (Wildman–Crippen MR) is 85.3 cm³/mol. The molecule has 2 saturated carbocycles. The molecule has 2 heteroatoms. The molecule has 0 aromatic heterocycles. The molecule has 3 aliphatic rings. The summed E-state index contributed by atoms with van der Waals surface area (Å²) in [6.07, 6.45) is 6.99. The standard InChI is InChI=1S/C19H27NO/c1-2-6-15(7-3-1)18-16-8-4-5-9-17(16)19(18)20-12-14-10-11-21-13-14/h1-3,6-7,14,16-20H,4-5,8-13H2/t14-,16-,17-,18+,19+/m1/s1. The van der Waals surface area contributed by atoms with E-state index in [4.69, 9.17) is 4.74 Å². The fraction of sp³-hybridized carbons (Fsp3) is 0.684. The van der Waals surface area contributed by atoms with Crippen molar-refractivity contribution >= 4 is 0 Å². The van der Waals surface area contributed by atoms with Gasteiger partial charge in [0.05, 0.1) is 6.61 Å². The molecule has 3 fully saturated rings. The largest absolute Gasteiger partial charge is 0.381 e. The monoisotopic (exact) mass is 285 g/mol. The topological polar surface area (TPSA) is 21.3 Å². The van der Waals surface area contributed by atoms with Crippen LogP contribution in [0.25, 0.3) is 0 Å². The van der Waals surface area contributed by atoms with E-state index in [0.29, 0.717) is 6.04 Å². The van der Waals surface area contributed by atoms with Gasteiger partial charge in [-0.05, 0) is 42.6 Å². The van der Waals surface area contributed by atoms with Gasteiger partial charge in [0.25, 0.3) is 0 Å². The molecule has 0 bridgehead atoms. The Bertz CT molecular complexity index is 454. The van der Waals surface area contributed by atoms with Crippen molar-refractivity contribution in [1.82, 2.24) is 5.32 Å². The first kappa shape index (κ1) is 13.8. The lowest BCUT2D eigenvalue weighted by atomic mass is 9.53. The van der Waals surface area contributed by atoms with Gasteiger partial charge in [0.15, 0.2) is 0 Å². The van der Waals surface area contributed by atoms with Gasteiger partial charge < -0.3 is 10.1 Å². The molecule has 1 aromatic carbocycles. The van der Waals surface area contributed by atoms with Gasteiger partial charge in [0, 0.05) is 25.1 Å². The minimum absolute atomic E-state index is 0.707. The van der Waals surface area contributed by atoms with Crippen molar-refractivity contribution in [2.24, 2.45) is 17.8 Å². The van der Waals surface area contributed by atoms with Crippen LogP contribution in [0.4, 0.5) is 0 Å².